The normalized spacial score (nSPS) is 23.0. The van der Waals surface area contributed by atoms with Crippen molar-refractivity contribution < 1.29 is 28.8 Å². The van der Waals surface area contributed by atoms with Crippen molar-refractivity contribution in [3.63, 3.8) is 0 Å². The third-order valence-electron chi connectivity index (χ3n) is 7.29. The second-order valence-electron chi connectivity index (χ2n) is 9.67. The first-order valence-electron chi connectivity index (χ1n) is 12.1. The van der Waals surface area contributed by atoms with E-state index in [1.807, 2.05) is 12.2 Å². The minimum atomic E-state index is -0.745. The lowest BCUT2D eigenvalue weighted by atomic mass is 9.85. The summed E-state index contributed by atoms with van der Waals surface area (Å²) in [4.78, 5) is 64.6. The molecule has 0 N–H and O–H groups in total. The predicted molar refractivity (Wildman–Crippen MR) is 133 cm³/mol. The number of carbonyl (C=O) groups excluding carboxylic acids is 4. The second kappa shape index (κ2) is 9.27. The molecule has 0 spiro atoms. The molecule has 0 radical (unpaired) electrons. The third-order valence-corrected chi connectivity index (χ3v) is 7.29. The Morgan fingerprint density at radius 1 is 0.973 bits per heavy atom. The molecule has 0 saturated carbocycles. The molecule has 3 aliphatic rings. The van der Waals surface area contributed by atoms with Gasteiger partial charge in [0.05, 0.1) is 34.1 Å². The van der Waals surface area contributed by atoms with Crippen LogP contribution in [0, 0.1) is 41.7 Å². The molecule has 2 heterocycles. The van der Waals surface area contributed by atoms with Gasteiger partial charge in [-0.05, 0) is 56.5 Å². The Morgan fingerprint density at radius 3 is 2.27 bits per heavy atom. The van der Waals surface area contributed by atoms with Crippen molar-refractivity contribution in [3.05, 3.63) is 69.8 Å². The number of fused-ring (bicyclic) bond motifs is 1. The fourth-order valence-corrected chi connectivity index (χ4v) is 5.26. The van der Waals surface area contributed by atoms with E-state index in [9.17, 15) is 29.3 Å². The minimum Gasteiger partial charge on any atom is -0.426 e. The molecule has 2 fully saturated rings. The molecule has 2 aromatic rings. The maximum atomic E-state index is 12.9. The molecule has 3 amide bonds. The number of nitro benzene ring substituents is 1. The summed E-state index contributed by atoms with van der Waals surface area (Å²) >= 11 is 0. The van der Waals surface area contributed by atoms with Crippen molar-refractivity contribution >= 4 is 40.8 Å². The van der Waals surface area contributed by atoms with Crippen molar-refractivity contribution in [1.82, 2.24) is 0 Å². The Kier molecular flexibility index (Phi) is 6.10. The predicted octanol–water partition coefficient (Wildman–Crippen LogP) is 3.63. The van der Waals surface area contributed by atoms with Gasteiger partial charge >= 0.3 is 5.97 Å². The quantitative estimate of drug-likeness (QED) is 0.152. The molecule has 10 heteroatoms. The highest BCUT2D eigenvalue weighted by Gasteiger charge is 2.48. The standard InChI is InChI=1S/C27H25N3O7/c1-15-7-8-18(13-23(15)30(35)36)28-14-17(12-24(28)31)27(34)37-19-9-10-22(16(2)11-19)29-25(32)20-5-3-4-6-21(20)26(29)33/h3-4,7-11,13,17,20-21H,5-6,12,14H2,1-2H3/t17-,20-,21+/m1/s1. The van der Waals surface area contributed by atoms with Crippen LogP contribution in [0.15, 0.2) is 48.6 Å². The number of carbonyl (C=O) groups is 4. The van der Waals surface area contributed by atoms with E-state index < -0.39 is 16.8 Å². The number of benzene rings is 2. The van der Waals surface area contributed by atoms with Crippen molar-refractivity contribution in [1.29, 1.82) is 0 Å². The maximum absolute atomic E-state index is 12.9. The van der Waals surface area contributed by atoms with Crippen molar-refractivity contribution in [3.8, 4) is 5.75 Å². The van der Waals surface area contributed by atoms with Gasteiger partial charge in [-0.1, -0.05) is 18.2 Å². The Balaban J connectivity index is 1.28. The van der Waals surface area contributed by atoms with Gasteiger partial charge in [-0.3, -0.25) is 29.3 Å². The van der Waals surface area contributed by atoms with Gasteiger partial charge in [0.15, 0.2) is 0 Å². The first kappa shape index (κ1) is 24.4. The summed E-state index contributed by atoms with van der Waals surface area (Å²) in [5.74, 6) is -2.55. The first-order chi connectivity index (χ1) is 17.7. The van der Waals surface area contributed by atoms with E-state index in [-0.39, 0.29) is 54.0 Å². The Hall–Kier alpha value is -4.34. The van der Waals surface area contributed by atoms with Gasteiger partial charge in [0.25, 0.3) is 5.69 Å². The van der Waals surface area contributed by atoms with Gasteiger partial charge in [0.2, 0.25) is 17.7 Å². The fourth-order valence-electron chi connectivity index (χ4n) is 5.26. The molecule has 5 rings (SSSR count). The van der Waals surface area contributed by atoms with Crippen LogP contribution in [0.25, 0.3) is 0 Å². The Morgan fingerprint density at radius 2 is 1.65 bits per heavy atom. The number of hydrogen-bond acceptors (Lipinski definition) is 7. The van der Waals surface area contributed by atoms with Crippen LogP contribution < -0.4 is 14.5 Å². The summed E-state index contributed by atoms with van der Waals surface area (Å²) in [7, 11) is 0. The molecular formula is C27H25N3O7. The molecule has 2 saturated heterocycles. The van der Waals surface area contributed by atoms with Crippen LogP contribution in [-0.2, 0) is 19.2 Å². The van der Waals surface area contributed by atoms with Crippen molar-refractivity contribution in [2.45, 2.75) is 33.1 Å². The number of esters is 1. The number of imide groups is 1. The molecule has 3 atom stereocenters. The zero-order valence-electron chi connectivity index (χ0n) is 20.4. The lowest BCUT2D eigenvalue weighted by Gasteiger charge is -2.19. The number of ether oxygens (including phenoxy) is 1. The van der Waals surface area contributed by atoms with E-state index >= 15 is 0 Å². The minimum absolute atomic E-state index is 0.0442. The number of hydrogen-bond donors (Lipinski definition) is 0. The highest BCUT2D eigenvalue weighted by atomic mass is 16.6. The van der Waals surface area contributed by atoms with E-state index in [0.717, 1.165) is 0 Å². The monoisotopic (exact) mass is 503 g/mol. The van der Waals surface area contributed by atoms with Gasteiger partial charge in [0.1, 0.15) is 5.75 Å². The summed E-state index contributed by atoms with van der Waals surface area (Å²) in [6.45, 7) is 3.39. The highest BCUT2D eigenvalue weighted by Crippen LogP contribution is 2.39. The molecule has 0 aromatic heterocycles. The van der Waals surface area contributed by atoms with Crippen molar-refractivity contribution in [2.75, 3.05) is 16.3 Å². The second-order valence-corrected chi connectivity index (χ2v) is 9.67. The van der Waals surface area contributed by atoms with E-state index in [2.05, 4.69) is 0 Å². The van der Waals surface area contributed by atoms with Gasteiger partial charge in [-0.25, -0.2) is 4.90 Å². The van der Waals surface area contributed by atoms with E-state index in [1.54, 1.807) is 38.1 Å². The number of rotatable bonds is 5. The average molecular weight is 504 g/mol. The van der Waals surface area contributed by atoms with Gasteiger partial charge in [0, 0.05) is 24.6 Å². The Bertz CT molecular complexity index is 1360. The molecule has 190 valence electrons. The first-order valence-corrected chi connectivity index (χ1v) is 12.1. The number of amides is 3. The molecule has 0 bridgehead atoms. The third kappa shape index (κ3) is 4.28. The summed E-state index contributed by atoms with van der Waals surface area (Å²) in [5, 5.41) is 11.3. The number of anilines is 2. The van der Waals surface area contributed by atoms with Crippen LogP contribution in [0.1, 0.15) is 30.4 Å². The van der Waals surface area contributed by atoms with E-state index in [1.165, 1.54) is 21.9 Å². The van der Waals surface area contributed by atoms with Crippen LogP contribution in [-0.4, -0.2) is 35.2 Å². The lowest BCUT2D eigenvalue weighted by Crippen LogP contribution is -2.31. The van der Waals surface area contributed by atoms with Crippen LogP contribution in [0.3, 0.4) is 0 Å². The topological polar surface area (TPSA) is 127 Å². The number of aryl methyl sites for hydroxylation is 2. The zero-order valence-corrected chi connectivity index (χ0v) is 20.4. The van der Waals surface area contributed by atoms with Crippen LogP contribution in [0.4, 0.5) is 17.1 Å². The molecule has 10 nitrogen and oxygen atoms in total. The maximum Gasteiger partial charge on any atom is 0.316 e. The zero-order chi connectivity index (χ0) is 26.4. The van der Waals surface area contributed by atoms with Crippen molar-refractivity contribution in [2.24, 2.45) is 17.8 Å². The summed E-state index contributed by atoms with van der Waals surface area (Å²) in [5.41, 5.74) is 1.80. The fraction of sp³-hybridized carbons (Fsp3) is 0.333. The number of allylic oxidation sites excluding steroid dienone is 2. The van der Waals surface area contributed by atoms with E-state index in [0.29, 0.717) is 35.3 Å². The summed E-state index contributed by atoms with van der Waals surface area (Å²) < 4.78 is 5.53. The highest BCUT2D eigenvalue weighted by molar-refractivity contribution is 6.22. The van der Waals surface area contributed by atoms with Gasteiger partial charge < -0.3 is 9.64 Å². The van der Waals surface area contributed by atoms with Crippen LogP contribution in [0.5, 0.6) is 5.75 Å². The molecule has 2 aliphatic heterocycles. The smallest absolute Gasteiger partial charge is 0.316 e. The largest absolute Gasteiger partial charge is 0.426 e. The van der Waals surface area contributed by atoms with Gasteiger partial charge in [-0.15, -0.1) is 0 Å². The summed E-state index contributed by atoms with van der Waals surface area (Å²) in [6.07, 6.45) is 4.88. The lowest BCUT2D eigenvalue weighted by molar-refractivity contribution is -0.385. The van der Waals surface area contributed by atoms with E-state index in [4.69, 9.17) is 4.74 Å². The molecule has 0 unspecified atom stereocenters. The summed E-state index contributed by atoms with van der Waals surface area (Å²) in [6, 6.07) is 9.22. The molecule has 37 heavy (non-hydrogen) atoms. The number of nitro groups is 1. The SMILES string of the molecule is Cc1cc(OC(=O)[C@@H]2CC(=O)N(c3ccc(C)c([N+](=O)[O-])c3)C2)ccc1N1C(=O)[C@H]2CC=CC[C@H]2C1=O. The van der Waals surface area contributed by atoms with Crippen LogP contribution >= 0.6 is 0 Å². The molecule has 2 aromatic carbocycles. The average Bonchev–Trinajstić information content (AvgIpc) is 3.37. The van der Waals surface area contributed by atoms with Gasteiger partial charge in [-0.2, -0.15) is 0 Å². The molecular weight excluding hydrogens is 478 g/mol. The molecule has 1 aliphatic carbocycles. The Labute approximate surface area is 212 Å². The number of nitrogens with zero attached hydrogens (tertiary/aromatic N) is 3. The van der Waals surface area contributed by atoms with Crippen LogP contribution in [0.2, 0.25) is 0 Å².